The number of nitrogens with zero attached hydrogens (tertiary/aromatic N) is 3. The Morgan fingerprint density at radius 1 is 1.00 bits per heavy atom. The molecule has 2 fully saturated rings. The van der Waals surface area contributed by atoms with Crippen molar-refractivity contribution in [3.63, 3.8) is 0 Å². The first kappa shape index (κ1) is 27.2. The smallest absolute Gasteiger partial charge is 0.254 e. The van der Waals surface area contributed by atoms with Crippen LogP contribution in [0, 0.1) is 17.6 Å². The minimum absolute atomic E-state index is 0.0626. The Balaban J connectivity index is 1.50. The van der Waals surface area contributed by atoms with Crippen LogP contribution in [0.2, 0.25) is 0 Å². The van der Waals surface area contributed by atoms with E-state index >= 15 is 0 Å². The van der Waals surface area contributed by atoms with Crippen LogP contribution in [0.5, 0.6) is 0 Å². The van der Waals surface area contributed by atoms with Crippen LogP contribution in [0.25, 0.3) is 0 Å². The first-order valence-corrected chi connectivity index (χ1v) is 12.7. The maximum absolute atomic E-state index is 13.7. The number of nitrogens with one attached hydrogen (secondary N) is 1. The molecule has 0 aromatic heterocycles. The standard InChI is InChI=1S/C28H32F2N4O4/c1-16(2)13-22(31-26(36)17-5-8-19(9-6-17)32(3)4)28(38)33-12-11-23-25(33)24(35)15-34(23)27(37)18-7-10-20(29)21(30)14-18/h5-10,14,16,22-23,25H,11-13,15H2,1-4H3,(H,31,36). The minimum atomic E-state index is -1.15. The van der Waals surface area contributed by atoms with Crippen molar-refractivity contribution < 1.29 is 28.0 Å². The van der Waals surface area contributed by atoms with Gasteiger partial charge in [-0.15, -0.1) is 0 Å². The van der Waals surface area contributed by atoms with E-state index in [0.717, 1.165) is 17.8 Å². The molecule has 2 saturated heterocycles. The second-order valence-corrected chi connectivity index (χ2v) is 10.5. The van der Waals surface area contributed by atoms with Crippen molar-refractivity contribution in [2.45, 2.75) is 44.8 Å². The van der Waals surface area contributed by atoms with Gasteiger partial charge in [-0.2, -0.15) is 0 Å². The summed E-state index contributed by atoms with van der Waals surface area (Å²) in [4.78, 5) is 57.4. The molecule has 0 spiro atoms. The van der Waals surface area contributed by atoms with Crippen LogP contribution in [-0.4, -0.2) is 78.6 Å². The van der Waals surface area contributed by atoms with Crippen molar-refractivity contribution in [2.75, 3.05) is 32.1 Å². The molecule has 0 bridgehead atoms. The lowest BCUT2D eigenvalue weighted by Gasteiger charge is -2.29. The quantitative estimate of drug-likeness (QED) is 0.600. The molecule has 0 aliphatic carbocycles. The van der Waals surface area contributed by atoms with Gasteiger partial charge in [0.2, 0.25) is 5.91 Å². The van der Waals surface area contributed by atoms with E-state index in [4.69, 9.17) is 0 Å². The van der Waals surface area contributed by atoms with Crippen molar-refractivity contribution in [3.05, 3.63) is 65.2 Å². The molecule has 2 aliphatic rings. The van der Waals surface area contributed by atoms with Gasteiger partial charge in [0, 0.05) is 37.5 Å². The van der Waals surface area contributed by atoms with Crippen LogP contribution in [0.3, 0.4) is 0 Å². The first-order chi connectivity index (χ1) is 18.0. The van der Waals surface area contributed by atoms with Gasteiger partial charge in [-0.3, -0.25) is 19.2 Å². The van der Waals surface area contributed by atoms with Gasteiger partial charge in [0.1, 0.15) is 12.1 Å². The molecule has 1 N–H and O–H groups in total. The molecule has 3 amide bonds. The summed E-state index contributed by atoms with van der Waals surface area (Å²) in [6, 6.07) is 7.61. The number of Topliss-reactive ketones (excluding diaryl/α,β-unsaturated/α-hetero) is 1. The number of carbonyl (C=O) groups is 4. The van der Waals surface area contributed by atoms with Crippen LogP contribution in [0.1, 0.15) is 47.4 Å². The van der Waals surface area contributed by atoms with Crippen molar-refractivity contribution in [1.29, 1.82) is 0 Å². The zero-order valence-electron chi connectivity index (χ0n) is 21.9. The van der Waals surface area contributed by atoms with Gasteiger partial charge >= 0.3 is 0 Å². The lowest BCUT2D eigenvalue weighted by molar-refractivity contribution is -0.138. The molecule has 0 radical (unpaired) electrons. The zero-order chi connectivity index (χ0) is 27.7. The number of fused-ring (bicyclic) bond motifs is 1. The van der Waals surface area contributed by atoms with Crippen LogP contribution < -0.4 is 10.2 Å². The second-order valence-electron chi connectivity index (χ2n) is 10.5. The molecule has 202 valence electrons. The number of amides is 3. The molecule has 3 unspecified atom stereocenters. The third-order valence-electron chi connectivity index (χ3n) is 7.09. The summed E-state index contributed by atoms with van der Waals surface area (Å²) in [7, 11) is 3.79. The van der Waals surface area contributed by atoms with E-state index in [1.54, 1.807) is 12.1 Å². The highest BCUT2D eigenvalue weighted by molar-refractivity contribution is 6.03. The molecular weight excluding hydrogens is 494 g/mol. The highest BCUT2D eigenvalue weighted by Crippen LogP contribution is 2.32. The molecule has 3 atom stereocenters. The van der Waals surface area contributed by atoms with Gasteiger partial charge in [0.05, 0.1) is 12.6 Å². The average Bonchev–Trinajstić information content (AvgIpc) is 3.45. The van der Waals surface area contributed by atoms with Crippen LogP contribution in [-0.2, 0) is 9.59 Å². The van der Waals surface area contributed by atoms with Gasteiger partial charge in [-0.25, -0.2) is 8.78 Å². The van der Waals surface area contributed by atoms with E-state index in [0.29, 0.717) is 18.4 Å². The Hall–Kier alpha value is -3.82. The van der Waals surface area contributed by atoms with E-state index in [9.17, 15) is 28.0 Å². The summed E-state index contributed by atoms with van der Waals surface area (Å²) < 4.78 is 27.1. The zero-order valence-corrected chi connectivity index (χ0v) is 21.9. The third kappa shape index (κ3) is 5.39. The van der Waals surface area contributed by atoms with Crippen LogP contribution in [0.4, 0.5) is 14.5 Å². The normalized spacial score (nSPS) is 19.5. The average molecular weight is 527 g/mol. The molecule has 10 heteroatoms. The van der Waals surface area contributed by atoms with Crippen LogP contribution in [0.15, 0.2) is 42.5 Å². The number of halogens is 2. The maximum Gasteiger partial charge on any atom is 0.254 e. The molecule has 38 heavy (non-hydrogen) atoms. The Labute approximate surface area is 220 Å². The van der Waals surface area contributed by atoms with E-state index in [2.05, 4.69) is 5.32 Å². The maximum atomic E-state index is 13.7. The van der Waals surface area contributed by atoms with Crippen molar-refractivity contribution in [1.82, 2.24) is 15.1 Å². The van der Waals surface area contributed by atoms with E-state index < -0.39 is 41.6 Å². The Bertz CT molecular complexity index is 1250. The van der Waals surface area contributed by atoms with Gasteiger partial charge in [0.25, 0.3) is 11.8 Å². The summed E-state index contributed by atoms with van der Waals surface area (Å²) in [6.45, 7) is 3.89. The molecule has 0 saturated carbocycles. The van der Waals surface area contributed by atoms with Gasteiger partial charge in [-0.05, 0) is 61.2 Å². The fourth-order valence-corrected chi connectivity index (χ4v) is 5.18. The van der Waals surface area contributed by atoms with Crippen molar-refractivity contribution in [3.8, 4) is 0 Å². The SMILES string of the molecule is CC(C)CC(NC(=O)c1ccc(N(C)C)cc1)C(=O)N1CCC2C1C(=O)CN2C(=O)c1ccc(F)c(F)c1. The number of likely N-dealkylation sites (tertiary alicyclic amines) is 2. The third-order valence-corrected chi connectivity index (χ3v) is 7.09. The monoisotopic (exact) mass is 526 g/mol. The summed E-state index contributed by atoms with van der Waals surface area (Å²) >= 11 is 0. The fraction of sp³-hybridized carbons (Fsp3) is 0.429. The van der Waals surface area contributed by atoms with Gasteiger partial charge < -0.3 is 20.0 Å². The number of benzene rings is 2. The lowest BCUT2D eigenvalue weighted by atomic mass is 10.0. The topological polar surface area (TPSA) is 90.0 Å². The summed E-state index contributed by atoms with van der Waals surface area (Å²) in [5.74, 6) is -3.79. The predicted octanol–water partition coefficient (Wildman–Crippen LogP) is 2.87. The highest BCUT2D eigenvalue weighted by atomic mass is 19.2. The molecule has 2 aliphatic heterocycles. The second kappa shape index (κ2) is 10.9. The summed E-state index contributed by atoms with van der Waals surface area (Å²) in [5.41, 5.74) is 1.28. The largest absolute Gasteiger partial charge is 0.378 e. The number of hydrogen-bond acceptors (Lipinski definition) is 5. The lowest BCUT2D eigenvalue weighted by Crippen LogP contribution is -2.53. The van der Waals surface area contributed by atoms with Crippen molar-refractivity contribution in [2.24, 2.45) is 5.92 Å². The van der Waals surface area contributed by atoms with E-state index in [1.807, 2.05) is 45.0 Å². The Kier molecular flexibility index (Phi) is 7.80. The molecule has 4 rings (SSSR count). The Morgan fingerprint density at radius 2 is 1.66 bits per heavy atom. The van der Waals surface area contributed by atoms with E-state index in [-0.39, 0.29) is 36.3 Å². The minimum Gasteiger partial charge on any atom is -0.378 e. The molecule has 2 aromatic carbocycles. The number of ketones is 1. The number of rotatable bonds is 7. The number of hydrogen-bond donors (Lipinski definition) is 1. The molecule has 2 heterocycles. The van der Waals surface area contributed by atoms with Crippen LogP contribution >= 0.6 is 0 Å². The van der Waals surface area contributed by atoms with Gasteiger partial charge in [-0.1, -0.05) is 13.8 Å². The molecule has 8 nitrogen and oxygen atoms in total. The predicted molar refractivity (Wildman–Crippen MR) is 138 cm³/mol. The highest BCUT2D eigenvalue weighted by Gasteiger charge is 2.52. The van der Waals surface area contributed by atoms with Gasteiger partial charge in [0.15, 0.2) is 17.4 Å². The number of carbonyl (C=O) groups excluding carboxylic acids is 4. The summed E-state index contributed by atoms with van der Waals surface area (Å²) in [6.07, 6.45) is 0.742. The fourth-order valence-electron chi connectivity index (χ4n) is 5.18. The van der Waals surface area contributed by atoms with Crippen molar-refractivity contribution >= 4 is 29.2 Å². The molecule has 2 aromatic rings. The van der Waals surface area contributed by atoms with E-state index in [1.165, 1.54) is 15.9 Å². The first-order valence-electron chi connectivity index (χ1n) is 12.7. The summed E-state index contributed by atoms with van der Waals surface area (Å²) in [5, 5.41) is 2.84. The number of anilines is 1. The molecular formula is C28H32F2N4O4. The Morgan fingerprint density at radius 3 is 2.26 bits per heavy atom.